The van der Waals surface area contributed by atoms with Crippen LogP contribution >= 0.6 is 0 Å². The van der Waals surface area contributed by atoms with E-state index in [0.29, 0.717) is 19.4 Å². The molecule has 7 nitrogen and oxygen atoms in total. The molecular formula is C26H28N2O5. The van der Waals surface area contributed by atoms with E-state index in [4.69, 9.17) is 4.74 Å². The van der Waals surface area contributed by atoms with Gasteiger partial charge in [-0.15, -0.1) is 0 Å². The van der Waals surface area contributed by atoms with E-state index in [9.17, 15) is 19.5 Å². The van der Waals surface area contributed by atoms with Crippen molar-refractivity contribution in [1.82, 2.24) is 10.2 Å². The number of aliphatic carboxylic acids is 1. The Morgan fingerprint density at radius 3 is 2.12 bits per heavy atom. The third-order valence-electron chi connectivity index (χ3n) is 7.24. The molecule has 1 unspecified atom stereocenters. The van der Waals surface area contributed by atoms with Crippen LogP contribution in [0.2, 0.25) is 0 Å². The number of alkyl carbamates (subject to hydrolysis) is 1. The van der Waals surface area contributed by atoms with E-state index in [-0.39, 0.29) is 24.9 Å². The summed E-state index contributed by atoms with van der Waals surface area (Å²) in [6.45, 7) is 4.31. The Bertz CT molecular complexity index is 1090. The van der Waals surface area contributed by atoms with Crippen LogP contribution in [0, 0.1) is 5.41 Å². The van der Waals surface area contributed by atoms with E-state index in [2.05, 4.69) is 29.6 Å². The van der Waals surface area contributed by atoms with Gasteiger partial charge < -0.3 is 20.1 Å². The van der Waals surface area contributed by atoms with E-state index >= 15 is 0 Å². The van der Waals surface area contributed by atoms with Gasteiger partial charge in [0.15, 0.2) is 0 Å². The summed E-state index contributed by atoms with van der Waals surface area (Å²) in [5.74, 6) is -1.26. The summed E-state index contributed by atoms with van der Waals surface area (Å²) in [6, 6.07) is 15.5. The number of carbonyl (C=O) groups is 3. The molecule has 5 rings (SSSR count). The number of carboxylic acid groups (broad SMARTS) is 1. The normalized spacial score (nSPS) is 21.4. The Kier molecular flexibility index (Phi) is 4.96. The zero-order valence-corrected chi connectivity index (χ0v) is 18.8. The lowest BCUT2D eigenvalue weighted by molar-refractivity contribution is -0.172. The van der Waals surface area contributed by atoms with Crippen LogP contribution in [0.1, 0.15) is 50.2 Å². The van der Waals surface area contributed by atoms with Crippen LogP contribution < -0.4 is 5.32 Å². The number of amides is 2. The molecule has 2 amide bonds. The lowest BCUT2D eigenvalue weighted by atomic mass is 9.74. The fourth-order valence-electron chi connectivity index (χ4n) is 5.36. The number of carboxylic acids is 1. The Labute approximate surface area is 192 Å². The predicted octanol–water partition coefficient (Wildman–Crippen LogP) is 3.77. The Balaban J connectivity index is 1.20. The molecule has 2 N–H and O–H groups in total. The van der Waals surface area contributed by atoms with Gasteiger partial charge >= 0.3 is 12.1 Å². The first kappa shape index (κ1) is 21.5. The number of ether oxygens (including phenoxy) is 1. The Morgan fingerprint density at radius 1 is 1.03 bits per heavy atom. The highest BCUT2D eigenvalue weighted by Crippen LogP contribution is 2.45. The average Bonchev–Trinajstić information content (AvgIpc) is 3.42. The third kappa shape index (κ3) is 3.75. The van der Waals surface area contributed by atoms with Crippen LogP contribution in [0.15, 0.2) is 48.5 Å². The van der Waals surface area contributed by atoms with Crippen LogP contribution in [0.5, 0.6) is 0 Å². The van der Waals surface area contributed by atoms with Gasteiger partial charge in [0.1, 0.15) is 12.6 Å². The summed E-state index contributed by atoms with van der Waals surface area (Å²) in [7, 11) is 0. The molecule has 2 aromatic rings. The standard InChI is InChI=1S/C26H28N2O5/c1-25(2)15-28(22(25)23(30)31)21(29)13-26(11-12-26)27-24(32)33-14-20-18-9-5-3-7-16(18)17-8-4-6-10-19(17)20/h3-10,20,22H,11-15H2,1-2H3,(H,27,32)(H,30,31). The molecule has 2 aliphatic carbocycles. The first-order valence-electron chi connectivity index (χ1n) is 11.4. The first-order valence-corrected chi connectivity index (χ1v) is 11.4. The quantitative estimate of drug-likeness (QED) is 0.701. The molecule has 0 aromatic heterocycles. The number of fused-ring (bicyclic) bond motifs is 3. The lowest BCUT2D eigenvalue weighted by Crippen LogP contribution is -2.67. The van der Waals surface area contributed by atoms with Crippen molar-refractivity contribution in [3.05, 3.63) is 59.7 Å². The molecule has 33 heavy (non-hydrogen) atoms. The molecule has 1 saturated heterocycles. The molecule has 1 saturated carbocycles. The summed E-state index contributed by atoms with van der Waals surface area (Å²) >= 11 is 0. The summed E-state index contributed by atoms with van der Waals surface area (Å²) < 4.78 is 5.62. The molecule has 1 aliphatic heterocycles. The number of rotatable bonds is 6. The molecular weight excluding hydrogens is 420 g/mol. The van der Waals surface area contributed by atoms with Crippen molar-refractivity contribution < 1.29 is 24.2 Å². The summed E-state index contributed by atoms with van der Waals surface area (Å²) in [6.07, 6.45) is 0.910. The van der Waals surface area contributed by atoms with E-state index in [1.54, 1.807) is 0 Å². The van der Waals surface area contributed by atoms with Crippen molar-refractivity contribution in [2.24, 2.45) is 5.41 Å². The average molecular weight is 449 g/mol. The molecule has 1 atom stereocenters. The highest BCUT2D eigenvalue weighted by molar-refractivity contribution is 5.88. The van der Waals surface area contributed by atoms with Crippen molar-refractivity contribution in [3.63, 3.8) is 0 Å². The fraction of sp³-hybridized carbons (Fsp3) is 0.423. The van der Waals surface area contributed by atoms with E-state index < -0.39 is 29.1 Å². The van der Waals surface area contributed by atoms with Crippen LogP contribution in [-0.4, -0.2) is 52.7 Å². The maximum Gasteiger partial charge on any atom is 0.407 e. The highest BCUT2D eigenvalue weighted by atomic mass is 16.5. The van der Waals surface area contributed by atoms with E-state index in [1.165, 1.54) is 4.90 Å². The number of carbonyl (C=O) groups excluding carboxylic acids is 2. The van der Waals surface area contributed by atoms with Gasteiger partial charge in [-0.05, 0) is 35.1 Å². The number of nitrogens with one attached hydrogen (secondary N) is 1. The van der Waals surface area contributed by atoms with Crippen LogP contribution in [-0.2, 0) is 14.3 Å². The van der Waals surface area contributed by atoms with Gasteiger partial charge in [0.05, 0.1) is 12.0 Å². The SMILES string of the molecule is CC1(C)CN(C(=O)CC2(NC(=O)OCC3c4ccccc4-c4ccccc43)CC2)C1C(=O)O. The number of hydrogen-bond donors (Lipinski definition) is 2. The molecule has 0 bridgehead atoms. The molecule has 2 aromatic carbocycles. The lowest BCUT2D eigenvalue weighted by Gasteiger charge is -2.52. The van der Waals surface area contributed by atoms with Gasteiger partial charge in [0.2, 0.25) is 5.91 Å². The summed E-state index contributed by atoms with van der Waals surface area (Å²) in [5.41, 5.74) is 3.53. The van der Waals surface area contributed by atoms with Crippen molar-refractivity contribution in [2.75, 3.05) is 13.2 Å². The number of likely N-dealkylation sites (tertiary alicyclic amines) is 1. The summed E-state index contributed by atoms with van der Waals surface area (Å²) in [4.78, 5) is 38.4. The van der Waals surface area contributed by atoms with Crippen LogP contribution in [0.4, 0.5) is 4.79 Å². The van der Waals surface area contributed by atoms with Crippen LogP contribution in [0.25, 0.3) is 11.1 Å². The third-order valence-corrected chi connectivity index (χ3v) is 7.24. The van der Waals surface area contributed by atoms with Crippen molar-refractivity contribution >= 4 is 18.0 Å². The maximum atomic E-state index is 12.8. The van der Waals surface area contributed by atoms with E-state index in [1.807, 2.05) is 38.1 Å². The Morgan fingerprint density at radius 2 is 1.61 bits per heavy atom. The van der Waals surface area contributed by atoms with Crippen molar-refractivity contribution in [1.29, 1.82) is 0 Å². The van der Waals surface area contributed by atoms with Crippen molar-refractivity contribution in [3.8, 4) is 11.1 Å². The molecule has 1 heterocycles. The number of hydrogen-bond acceptors (Lipinski definition) is 4. The van der Waals surface area contributed by atoms with Gasteiger partial charge in [0, 0.05) is 17.9 Å². The second-order valence-corrected chi connectivity index (χ2v) is 10.2. The molecule has 7 heteroatoms. The minimum Gasteiger partial charge on any atom is -0.480 e. The van der Waals surface area contributed by atoms with Gasteiger partial charge in [-0.25, -0.2) is 9.59 Å². The minimum absolute atomic E-state index is 0.0282. The monoisotopic (exact) mass is 448 g/mol. The molecule has 3 aliphatic rings. The van der Waals surface area contributed by atoms with Gasteiger partial charge in [-0.2, -0.15) is 0 Å². The minimum atomic E-state index is -0.992. The largest absolute Gasteiger partial charge is 0.480 e. The molecule has 2 fully saturated rings. The molecule has 172 valence electrons. The fourth-order valence-corrected chi connectivity index (χ4v) is 5.36. The van der Waals surface area contributed by atoms with E-state index in [0.717, 1.165) is 22.3 Å². The Hall–Kier alpha value is -3.35. The van der Waals surface area contributed by atoms with Gasteiger partial charge in [-0.1, -0.05) is 62.4 Å². The maximum absolute atomic E-state index is 12.8. The second kappa shape index (κ2) is 7.61. The van der Waals surface area contributed by atoms with Gasteiger partial charge in [0.25, 0.3) is 0 Å². The first-order chi connectivity index (χ1) is 15.7. The number of nitrogens with zero attached hydrogens (tertiary/aromatic N) is 1. The van der Waals surface area contributed by atoms with Crippen molar-refractivity contribution in [2.45, 2.75) is 50.6 Å². The predicted molar refractivity (Wildman–Crippen MR) is 122 cm³/mol. The highest BCUT2D eigenvalue weighted by Gasteiger charge is 2.55. The van der Waals surface area contributed by atoms with Gasteiger partial charge in [-0.3, -0.25) is 4.79 Å². The smallest absolute Gasteiger partial charge is 0.407 e. The zero-order chi connectivity index (χ0) is 23.4. The zero-order valence-electron chi connectivity index (χ0n) is 18.8. The summed E-state index contributed by atoms with van der Waals surface area (Å²) in [5, 5.41) is 12.4. The molecule has 0 radical (unpaired) electrons. The molecule has 0 spiro atoms. The van der Waals surface area contributed by atoms with Crippen LogP contribution in [0.3, 0.4) is 0 Å². The number of benzene rings is 2. The topological polar surface area (TPSA) is 95.9 Å². The second-order valence-electron chi connectivity index (χ2n) is 10.2.